The predicted molar refractivity (Wildman–Crippen MR) is 133 cm³/mol. The number of nitrogens with one attached hydrogen (secondary N) is 3. The molecule has 0 saturated carbocycles. The predicted octanol–water partition coefficient (Wildman–Crippen LogP) is 1.56. The molecule has 0 bridgehead atoms. The molecule has 4 amide bonds. The average molecular weight is 490 g/mol. The maximum atomic E-state index is 12.7. The number of urea groups is 1. The molecule has 0 radical (unpaired) electrons. The maximum absolute atomic E-state index is 12.7. The van der Waals surface area contributed by atoms with Gasteiger partial charge in [-0.25, -0.2) is 4.79 Å². The Hall–Kier alpha value is -3.56. The van der Waals surface area contributed by atoms with Crippen molar-refractivity contribution < 1.29 is 19.2 Å². The third-order valence-electron chi connectivity index (χ3n) is 7.20. The lowest BCUT2D eigenvalue weighted by Gasteiger charge is -2.32. The number of nitrogens with zero attached hydrogens (tertiary/aromatic N) is 2. The summed E-state index contributed by atoms with van der Waals surface area (Å²) >= 11 is 0. The van der Waals surface area contributed by atoms with Crippen LogP contribution in [-0.4, -0.2) is 65.1 Å². The molecule has 2 fully saturated rings. The lowest BCUT2D eigenvalue weighted by molar-refractivity contribution is -0.139. The highest BCUT2D eigenvalue weighted by atomic mass is 16.2. The Morgan fingerprint density at radius 3 is 2.47 bits per heavy atom. The molecular weight excluding hydrogens is 458 g/mol. The van der Waals surface area contributed by atoms with E-state index in [0.29, 0.717) is 31.6 Å². The van der Waals surface area contributed by atoms with Crippen LogP contribution in [0.4, 0.5) is 4.79 Å². The van der Waals surface area contributed by atoms with Crippen LogP contribution in [0.3, 0.4) is 0 Å². The van der Waals surface area contributed by atoms with Crippen molar-refractivity contribution in [3.63, 3.8) is 0 Å². The number of carbonyl (C=O) groups is 4. The number of benzene rings is 2. The molecule has 3 aliphatic rings. The van der Waals surface area contributed by atoms with Gasteiger partial charge in [0.25, 0.3) is 5.91 Å². The van der Waals surface area contributed by atoms with Gasteiger partial charge in [0.2, 0.25) is 5.91 Å². The molecule has 2 saturated heterocycles. The van der Waals surface area contributed by atoms with E-state index in [0.717, 1.165) is 43.6 Å². The van der Waals surface area contributed by atoms with Crippen LogP contribution >= 0.6 is 0 Å². The van der Waals surface area contributed by atoms with Crippen molar-refractivity contribution in [2.24, 2.45) is 0 Å². The van der Waals surface area contributed by atoms with E-state index in [4.69, 9.17) is 0 Å². The Morgan fingerprint density at radius 2 is 1.72 bits per heavy atom. The molecule has 188 valence electrons. The monoisotopic (exact) mass is 489 g/mol. The average Bonchev–Trinajstić information content (AvgIpc) is 3.28. The molecule has 0 aliphatic carbocycles. The lowest BCUT2D eigenvalue weighted by atomic mass is 10.0. The summed E-state index contributed by atoms with van der Waals surface area (Å²) in [5.41, 5.74) is 3.52. The van der Waals surface area contributed by atoms with Gasteiger partial charge in [-0.15, -0.1) is 0 Å². The first-order chi connectivity index (χ1) is 17.5. The SMILES string of the molecule is O=C(NC(=O)c1ccc2c(c1)CN(C1C(=O)CCNC1=O)C2)NC1CCN(Cc2ccccc2)CC1. The zero-order chi connectivity index (χ0) is 25.1. The zero-order valence-corrected chi connectivity index (χ0v) is 20.2. The fourth-order valence-corrected chi connectivity index (χ4v) is 5.28. The Morgan fingerprint density at radius 1 is 0.972 bits per heavy atom. The quantitative estimate of drug-likeness (QED) is 0.550. The molecular formula is C27H31N5O4. The van der Waals surface area contributed by atoms with Crippen LogP contribution in [0.1, 0.15) is 46.3 Å². The topological polar surface area (TPSA) is 111 Å². The van der Waals surface area contributed by atoms with Gasteiger partial charge >= 0.3 is 6.03 Å². The normalized spacial score (nSPS) is 21.1. The van der Waals surface area contributed by atoms with E-state index < -0.39 is 18.0 Å². The van der Waals surface area contributed by atoms with Crippen LogP contribution in [0.2, 0.25) is 0 Å². The van der Waals surface area contributed by atoms with E-state index in [1.54, 1.807) is 12.1 Å². The zero-order valence-electron chi connectivity index (χ0n) is 20.2. The number of hydrogen-bond acceptors (Lipinski definition) is 6. The number of rotatable bonds is 5. The second kappa shape index (κ2) is 10.6. The molecule has 9 nitrogen and oxygen atoms in total. The van der Waals surface area contributed by atoms with E-state index >= 15 is 0 Å². The van der Waals surface area contributed by atoms with Crippen molar-refractivity contribution in [1.82, 2.24) is 25.8 Å². The number of ketones is 1. The first-order valence-electron chi connectivity index (χ1n) is 12.5. The largest absolute Gasteiger partial charge is 0.354 e. The molecule has 36 heavy (non-hydrogen) atoms. The van der Waals surface area contributed by atoms with Crippen molar-refractivity contribution in [2.45, 2.75) is 51.0 Å². The number of likely N-dealkylation sites (tertiary alicyclic amines) is 1. The molecule has 0 aromatic heterocycles. The summed E-state index contributed by atoms with van der Waals surface area (Å²) in [5.74, 6) is -0.812. The molecule has 5 rings (SSSR count). The summed E-state index contributed by atoms with van der Waals surface area (Å²) in [6.07, 6.45) is 1.99. The molecule has 3 heterocycles. The summed E-state index contributed by atoms with van der Waals surface area (Å²) in [4.78, 5) is 53.9. The van der Waals surface area contributed by atoms with Gasteiger partial charge in [-0.3, -0.25) is 29.5 Å². The molecule has 2 aromatic carbocycles. The molecule has 3 N–H and O–H groups in total. The van der Waals surface area contributed by atoms with Gasteiger partial charge in [0.15, 0.2) is 5.78 Å². The van der Waals surface area contributed by atoms with Gasteiger partial charge in [0.1, 0.15) is 6.04 Å². The highest BCUT2D eigenvalue weighted by Crippen LogP contribution is 2.27. The fourth-order valence-electron chi connectivity index (χ4n) is 5.28. The summed E-state index contributed by atoms with van der Waals surface area (Å²) < 4.78 is 0. The highest BCUT2D eigenvalue weighted by Gasteiger charge is 2.38. The summed E-state index contributed by atoms with van der Waals surface area (Å²) in [7, 11) is 0. The van der Waals surface area contributed by atoms with Gasteiger partial charge in [0.05, 0.1) is 0 Å². The lowest BCUT2D eigenvalue weighted by Crippen LogP contribution is -2.54. The number of amides is 4. The van der Waals surface area contributed by atoms with Crippen molar-refractivity contribution in [3.05, 3.63) is 70.8 Å². The van der Waals surface area contributed by atoms with E-state index in [9.17, 15) is 19.2 Å². The minimum Gasteiger partial charge on any atom is -0.354 e. The van der Waals surface area contributed by atoms with Crippen LogP contribution in [0, 0.1) is 0 Å². The summed E-state index contributed by atoms with van der Waals surface area (Å²) in [5, 5.41) is 8.12. The number of fused-ring (bicyclic) bond motifs is 1. The van der Waals surface area contributed by atoms with Gasteiger partial charge in [0, 0.05) is 57.3 Å². The van der Waals surface area contributed by atoms with E-state index in [-0.39, 0.29) is 17.7 Å². The first kappa shape index (κ1) is 24.1. The minimum atomic E-state index is -0.784. The van der Waals surface area contributed by atoms with Gasteiger partial charge in [-0.05, 0) is 41.7 Å². The van der Waals surface area contributed by atoms with Crippen LogP contribution in [0.5, 0.6) is 0 Å². The Labute approximate surface area is 210 Å². The third kappa shape index (κ3) is 5.47. The van der Waals surface area contributed by atoms with E-state index in [1.807, 2.05) is 29.2 Å². The number of hydrogen-bond donors (Lipinski definition) is 3. The van der Waals surface area contributed by atoms with Crippen LogP contribution in [0.15, 0.2) is 48.5 Å². The number of Topliss-reactive ketones (excluding diaryl/α,β-unsaturated/α-hetero) is 1. The summed E-state index contributed by atoms with van der Waals surface area (Å²) in [6, 6.07) is 14.3. The fraction of sp³-hybridized carbons (Fsp3) is 0.407. The van der Waals surface area contributed by atoms with Gasteiger partial charge in [-0.2, -0.15) is 0 Å². The molecule has 2 aromatic rings. The van der Waals surface area contributed by atoms with Gasteiger partial charge < -0.3 is 10.6 Å². The first-order valence-corrected chi connectivity index (χ1v) is 12.5. The Balaban J connectivity index is 1.11. The third-order valence-corrected chi connectivity index (χ3v) is 7.20. The minimum absolute atomic E-state index is 0.0255. The number of carbonyl (C=O) groups excluding carboxylic acids is 4. The van der Waals surface area contributed by atoms with Crippen LogP contribution in [0.25, 0.3) is 0 Å². The number of imide groups is 1. The van der Waals surface area contributed by atoms with Crippen molar-refractivity contribution in [3.8, 4) is 0 Å². The molecule has 3 aliphatic heterocycles. The van der Waals surface area contributed by atoms with E-state index in [2.05, 4.69) is 33.0 Å². The van der Waals surface area contributed by atoms with Crippen LogP contribution in [-0.2, 0) is 29.2 Å². The summed E-state index contributed by atoms with van der Waals surface area (Å²) in [6.45, 7) is 3.94. The van der Waals surface area contributed by atoms with Crippen molar-refractivity contribution in [1.29, 1.82) is 0 Å². The van der Waals surface area contributed by atoms with Crippen LogP contribution < -0.4 is 16.0 Å². The molecule has 1 atom stereocenters. The van der Waals surface area contributed by atoms with E-state index in [1.165, 1.54) is 5.56 Å². The Bertz CT molecular complexity index is 1140. The molecule has 1 unspecified atom stereocenters. The maximum Gasteiger partial charge on any atom is 0.321 e. The second-order valence-corrected chi connectivity index (χ2v) is 9.76. The smallest absolute Gasteiger partial charge is 0.321 e. The van der Waals surface area contributed by atoms with Crippen molar-refractivity contribution in [2.75, 3.05) is 19.6 Å². The molecule has 9 heteroatoms. The number of piperidine rings is 2. The standard InChI is InChI=1S/C27H31N5O4/c33-23-8-11-28-26(35)24(23)32-16-20-7-6-19(14-21(20)17-32)25(34)30-27(36)29-22-9-12-31(13-10-22)15-18-4-2-1-3-5-18/h1-7,14,22,24H,8-13,15-17H2,(H,28,35)(H2,29,30,34,36). The van der Waals surface area contributed by atoms with Gasteiger partial charge in [-0.1, -0.05) is 36.4 Å². The van der Waals surface area contributed by atoms with Crippen molar-refractivity contribution >= 4 is 23.6 Å². The Kier molecular flexibility index (Phi) is 7.11. The molecule has 0 spiro atoms. The second-order valence-electron chi connectivity index (χ2n) is 9.76. The highest BCUT2D eigenvalue weighted by molar-refractivity contribution is 6.07.